The number of ether oxygens (including phenoxy) is 1. The quantitative estimate of drug-likeness (QED) is 0.591. The molecule has 1 fully saturated rings. The number of anilines is 1. The first-order chi connectivity index (χ1) is 10.2. The summed E-state index contributed by atoms with van der Waals surface area (Å²) in [4.78, 5) is 21.8. The minimum Gasteiger partial charge on any atom is -0.473 e. The molecule has 3 heterocycles. The van der Waals surface area contributed by atoms with Gasteiger partial charge in [0.15, 0.2) is 11.3 Å². The number of piperidine rings is 1. The second kappa shape index (κ2) is 4.54. The first-order valence-corrected chi connectivity index (χ1v) is 7.08. The predicted octanol–water partition coefficient (Wildman–Crippen LogP) is 2.29. The molecule has 1 saturated heterocycles. The van der Waals surface area contributed by atoms with Gasteiger partial charge in [0.25, 0.3) is 11.6 Å². The van der Waals surface area contributed by atoms with Crippen molar-refractivity contribution in [1.82, 2.24) is 9.97 Å². The van der Waals surface area contributed by atoms with Crippen LogP contribution in [0.25, 0.3) is 11.0 Å². The van der Waals surface area contributed by atoms with Crippen molar-refractivity contribution >= 4 is 22.5 Å². The highest BCUT2D eigenvalue weighted by Gasteiger charge is 2.32. The van der Waals surface area contributed by atoms with Crippen molar-refractivity contribution in [3.05, 3.63) is 28.3 Å². The Morgan fingerprint density at radius 2 is 2.24 bits per heavy atom. The maximum absolute atomic E-state index is 11.1. The number of nitro benzene ring substituents is 1. The van der Waals surface area contributed by atoms with Gasteiger partial charge in [0.1, 0.15) is 6.61 Å². The average Bonchev–Trinajstić information content (AvgIpc) is 2.52. The van der Waals surface area contributed by atoms with Crippen LogP contribution in [0, 0.1) is 10.1 Å². The third kappa shape index (κ3) is 1.88. The average molecular weight is 286 g/mol. The lowest BCUT2D eigenvalue weighted by Crippen LogP contribution is -2.46. The summed E-state index contributed by atoms with van der Waals surface area (Å²) in [5, 5.41) is 11.1. The molecule has 108 valence electrons. The fraction of sp³-hybridized carbons (Fsp3) is 0.429. The molecule has 7 heteroatoms. The first kappa shape index (κ1) is 12.3. The maximum atomic E-state index is 11.1. The van der Waals surface area contributed by atoms with Crippen LogP contribution in [0.4, 0.5) is 11.5 Å². The lowest BCUT2D eigenvalue weighted by molar-refractivity contribution is -0.383. The Morgan fingerprint density at radius 1 is 1.33 bits per heavy atom. The van der Waals surface area contributed by atoms with Crippen molar-refractivity contribution in [2.24, 2.45) is 0 Å². The highest BCUT2D eigenvalue weighted by Crippen LogP contribution is 2.37. The van der Waals surface area contributed by atoms with Gasteiger partial charge in [-0.15, -0.1) is 0 Å². The second-order valence-electron chi connectivity index (χ2n) is 5.41. The van der Waals surface area contributed by atoms with E-state index in [9.17, 15) is 10.1 Å². The molecule has 0 amide bonds. The van der Waals surface area contributed by atoms with Gasteiger partial charge in [-0.2, -0.15) is 0 Å². The van der Waals surface area contributed by atoms with Crippen molar-refractivity contribution in [1.29, 1.82) is 0 Å². The van der Waals surface area contributed by atoms with E-state index in [1.807, 2.05) is 0 Å². The number of benzene rings is 1. The SMILES string of the molecule is O=[N+]([O-])c1cccc2nc3c(nc12)OCC1CCCCN31. The molecule has 0 aliphatic carbocycles. The molecule has 1 atom stereocenters. The molecule has 0 bridgehead atoms. The number of hydrogen-bond donors (Lipinski definition) is 0. The zero-order valence-electron chi connectivity index (χ0n) is 11.4. The van der Waals surface area contributed by atoms with Crippen LogP contribution in [-0.4, -0.2) is 34.1 Å². The Bertz CT molecular complexity index is 733. The highest BCUT2D eigenvalue weighted by molar-refractivity contribution is 5.86. The third-order valence-electron chi connectivity index (χ3n) is 4.13. The number of hydrogen-bond acceptors (Lipinski definition) is 6. The van der Waals surface area contributed by atoms with Gasteiger partial charge < -0.3 is 9.64 Å². The number of rotatable bonds is 1. The van der Waals surface area contributed by atoms with Gasteiger partial charge in [0, 0.05) is 12.6 Å². The van der Waals surface area contributed by atoms with Crippen LogP contribution in [0.1, 0.15) is 19.3 Å². The molecule has 2 aliphatic rings. The molecule has 1 unspecified atom stereocenters. The summed E-state index contributed by atoms with van der Waals surface area (Å²) in [6.07, 6.45) is 3.42. The number of non-ortho nitro benzene ring substituents is 1. The monoisotopic (exact) mass is 286 g/mol. The molecule has 0 saturated carbocycles. The second-order valence-corrected chi connectivity index (χ2v) is 5.41. The van der Waals surface area contributed by atoms with E-state index in [1.165, 1.54) is 12.5 Å². The highest BCUT2D eigenvalue weighted by atomic mass is 16.6. The van der Waals surface area contributed by atoms with E-state index in [2.05, 4.69) is 14.9 Å². The van der Waals surface area contributed by atoms with Gasteiger partial charge in [-0.05, 0) is 25.3 Å². The summed E-state index contributed by atoms with van der Waals surface area (Å²) in [6.45, 7) is 1.52. The Morgan fingerprint density at radius 3 is 3.10 bits per heavy atom. The van der Waals surface area contributed by atoms with E-state index in [0.29, 0.717) is 24.0 Å². The van der Waals surface area contributed by atoms with E-state index in [4.69, 9.17) is 4.74 Å². The molecule has 4 rings (SSSR count). The van der Waals surface area contributed by atoms with Gasteiger partial charge in [-0.1, -0.05) is 6.07 Å². The summed E-state index contributed by atoms with van der Waals surface area (Å²) in [5.74, 6) is 1.13. The van der Waals surface area contributed by atoms with Crippen LogP contribution in [0.2, 0.25) is 0 Å². The van der Waals surface area contributed by atoms with Crippen LogP contribution >= 0.6 is 0 Å². The zero-order valence-corrected chi connectivity index (χ0v) is 11.4. The largest absolute Gasteiger partial charge is 0.473 e. The van der Waals surface area contributed by atoms with Gasteiger partial charge in [0.05, 0.1) is 16.5 Å². The minimum atomic E-state index is -0.435. The molecule has 7 nitrogen and oxygen atoms in total. The lowest BCUT2D eigenvalue weighted by atomic mass is 10.0. The topological polar surface area (TPSA) is 81.4 Å². The summed E-state index contributed by atoms with van der Waals surface area (Å²) >= 11 is 0. The van der Waals surface area contributed by atoms with Gasteiger partial charge in [-0.3, -0.25) is 10.1 Å². The summed E-state index contributed by atoms with van der Waals surface area (Å²) in [5.41, 5.74) is 0.793. The number of fused-ring (bicyclic) bond motifs is 4. The van der Waals surface area contributed by atoms with Crippen LogP contribution in [-0.2, 0) is 0 Å². The fourth-order valence-corrected chi connectivity index (χ4v) is 3.10. The number of nitrogens with zero attached hydrogens (tertiary/aromatic N) is 4. The van der Waals surface area contributed by atoms with E-state index in [-0.39, 0.29) is 11.2 Å². The van der Waals surface area contributed by atoms with Crippen molar-refractivity contribution in [3.8, 4) is 5.88 Å². The lowest BCUT2D eigenvalue weighted by Gasteiger charge is -2.40. The first-order valence-electron chi connectivity index (χ1n) is 7.08. The number of aromatic nitrogens is 2. The van der Waals surface area contributed by atoms with Crippen LogP contribution in [0.3, 0.4) is 0 Å². The molecule has 1 aromatic carbocycles. The van der Waals surface area contributed by atoms with E-state index in [1.54, 1.807) is 12.1 Å². The van der Waals surface area contributed by atoms with Crippen molar-refractivity contribution in [3.63, 3.8) is 0 Å². The Labute approximate surface area is 120 Å². The molecular weight excluding hydrogens is 272 g/mol. The summed E-state index contributed by atoms with van der Waals surface area (Å²) < 4.78 is 5.70. The maximum Gasteiger partial charge on any atom is 0.297 e. The van der Waals surface area contributed by atoms with E-state index >= 15 is 0 Å². The standard InChI is InChI=1S/C14H14N4O3/c19-18(20)11-6-3-5-10-12(11)16-14-13(15-10)17-7-2-1-4-9(17)8-21-14/h3,5-6,9H,1-2,4,7-8H2. The van der Waals surface area contributed by atoms with Crippen LogP contribution in [0.5, 0.6) is 5.88 Å². The molecule has 21 heavy (non-hydrogen) atoms. The smallest absolute Gasteiger partial charge is 0.297 e. The van der Waals surface area contributed by atoms with Crippen molar-refractivity contribution < 1.29 is 9.66 Å². The number of nitro groups is 1. The Balaban J connectivity index is 1.90. The Kier molecular flexibility index (Phi) is 2.66. The third-order valence-corrected chi connectivity index (χ3v) is 4.13. The fourth-order valence-electron chi connectivity index (χ4n) is 3.10. The number of para-hydroxylation sites is 1. The molecule has 1 aromatic heterocycles. The minimum absolute atomic E-state index is 0.0350. The molecule has 2 aliphatic heterocycles. The summed E-state index contributed by atoms with van der Waals surface area (Å²) in [6, 6.07) is 5.18. The molecule has 2 aromatic rings. The van der Waals surface area contributed by atoms with Crippen LogP contribution in [0.15, 0.2) is 18.2 Å². The Hall–Kier alpha value is -2.44. The van der Waals surface area contributed by atoms with Crippen LogP contribution < -0.4 is 9.64 Å². The zero-order chi connectivity index (χ0) is 14.4. The molecule has 0 radical (unpaired) electrons. The molecule has 0 spiro atoms. The van der Waals surface area contributed by atoms with E-state index in [0.717, 1.165) is 25.2 Å². The van der Waals surface area contributed by atoms with Gasteiger partial charge >= 0.3 is 0 Å². The predicted molar refractivity (Wildman–Crippen MR) is 76.7 cm³/mol. The van der Waals surface area contributed by atoms with E-state index < -0.39 is 4.92 Å². The van der Waals surface area contributed by atoms with Gasteiger partial charge in [-0.25, -0.2) is 9.97 Å². The van der Waals surface area contributed by atoms with Crippen molar-refractivity contribution in [2.45, 2.75) is 25.3 Å². The molecule has 0 N–H and O–H groups in total. The van der Waals surface area contributed by atoms with Gasteiger partial charge in [0.2, 0.25) is 0 Å². The van der Waals surface area contributed by atoms with Crippen molar-refractivity contribution in [2.75, 3.05) is 18.1 Å². The normalized spacial score (nSPS) is 20.6. The molecular formula is C14H14N4O3. The summed E-state index contributed by atoms with van der Waals surface area (Å²) in [7, 11) is 0.